The smallest absolute Gasteiger partial charge is 0.243 e. The number of rotatable bonds is 10. The van der Waals surface area contributed by atoms with Crippen LogP contribution in [0.4, 0.5) is 5.69 Å². The third-order valence-corrected chi connectivity index (χ3v) is 7.28. The molecule has 8 heteroatoms. The Kier molecular flexibility index (Phi) is 8.28. The zero-order chi connectivity index (χ0) is 19.9. The van der Waals surface area contributed by atoms with Crippen LogP contribution in [0.15, 0.2) is 24.3 Å². The van der Waals surface area contributed by atoms with Crippen molar-refractivity contribution >= 4 is 33.4 Å². The summed E-state index contributed by atoms with van der Waals surface area (Å²) in [6.45, 7) is 2.37. The Morgan fingerprint density at radius 1 is 1.30 bits per heavy atom. The second kappa shape index (κ2) is 10.2. The summed E-state index contributed by atoms with van der Waals surface area (Å²) >= 11 is 1.90. The van der Waals surface area contributed by atoms with E-state index < -0.39 is 16.1 Å². The lowest BCUT2D eigenvalue weighted by Crippen LogP contribution is -2.49. The Bertz CT molecular complexity index is 701. The first kappa shape index (κ1) is 21.9. The summed E-state index contributed by atoms with van der Waals surface area (Å²) in [6, 6.07) is 5.93. The van der Waals surface area contributed by atoms with Gasteiger partial charge in [-0.2, -0.15) is 11.8 Å². The van der Waals surface area contributed by atoms with Gasteiger partial charge in [-0.25, -0.2) is 8.42 Å². The Balaban J connectivity index is 2.03. The van der Waals surface area contributed by atoms with Crippen LogP contribution in [0.3, 0.4) is 0 Å². The fourth-order valence-electron chi connectivity index (χ4n) is 3.36. The molecule has 0 aromatic heterocycles. The largest absolute Gasteiger partial charge is 0.497 e. The SMILES string of the molecule is CCC(C(=O)NCCSC1CCCC1)N(c1ccc(OC)cc1)S(C)(=O)=O. The van der Waals surface area contributed by atoms with Gasteiger partial charge in [0.05, 0.1) is 19.1 Å². The Morgan fingerprint density at radius 2 is 1.93 bits per heavy atom. The first-order chi connectivity index (χ1) is 12.9. The topological polar surface area (TPSA) is 75.7 Å². The van der Waals surface area contributed by atoms with Crippen LogP contribution in [0.2, 0.25) is 0 Å². The molecule has 1 aliphatic rings. The second-order valence-corrected chi connectivity index (χ2v) is 10.0. The molecule has 1 N–H and O–H groups in total. The normalized spacial score (nSPS) is 16.1. The van der Waals surface area contributed by atoms with Crippen LogP contribution in [-0.2, 0) is 14.8 Å². The lowest BCUT2D eigenvalue weighted by atomic mass is 10.2. The zero-order valence-corrected chi connectivity index (χ0v) is 17.9. The number of nitrogens with zero attached hydrogens (tertiary/aromatic N) is 1. The molecule has 0 saturated heterocycles. The van der Waals surface area contributed by atoms with E-state index in [0.717, 1.165) is 12.0 Å². The van der Waals surface area contributed by atoms with Gasteiger partial charge in [-0.05, 0) is 43.5 Å². The van der Waals surface area contributed by atoms with Gasteiger partial charge in [0.2, 0.25) is 15.9 Å². The van der Waals surface area contributed by atoms with E-state index in [1.165, 1.54) is 30.0 Å². The summed E-state index contributed by atoms with van der Waals surface area (Å²) < 4.78 is 31.1. The van der Waals surface area contributed by atoms with Crippen LogP contribution >= 0.6 is 11.8 Å². The van der Waals surface area contributed by atoms with Crippen molar-refractivity contribution in [1.29, 1.82) is 0 Å². The van der Waals surface area contributed by atoms with Crippen LogP contribution in [0, 0.1) is 0 Å². The van der Waals surface area contributed by atoms with E-state index in [2.05, 4.69) is 5.32 Å². The van der Waals surface area contributed by atoms with Crippen LogP contribution in [0.25, 0.3) is 0 Å². The fraction of sp³-hybridized carbons (Fsp3) is 0.632. The third kappa shape index (κ3) is 6.31. The maximum Gasteiger partial charge on any atom is 0.243 e. The van der Waals surface area contributed by atoms with Gasteiger partial charge in [-0.15, -0.1) is 0 Å². The number of anilines is 1. The molecule has 0 bridgehead atoms. The second-order valence-electron chi connectivity index (χ2n) is 6.75. The molecule has 6 nitrogen and oxygen atoms in total. The monoisotopic (exact) mass is 414 g/mol. The quantitative estimate of drug-likeness (QED) is 0.596. The molecule has 1 aromatic rings. The van der Waals surface area contributed by atoms with Gasteiger partial charge >= 0.3 is 0 Å². The van der Waals surface area contributed by atoms with Crippen molar-refractivity contribution in [2.45, 2.75) is 50.3 Å². The van der Waals surface area contributed by atoms with Crippen LogP contribution in [0.1, 0.15) is 39.0 Å². The molecular formula is C19H30N2O4S2. The maximum atomic E-state index is 12.7. The number of sulfonamides is 1. The summed E-state index contributed by atoms with van der Waals surface area (Å²) in [7, 11) is -2.06. The molecule has 1 aromatic carbocycles. The number of methoxy groups -OCH3 is 1. The van der Waals surface area contributed by atoms with E-state index in [9.17, 15) is 13.2 Å². The van der Waals surface area contributed by atoms with E-state index in [4.69, 9.17) is 4.74 Å². The molecule has 1 atom stereocenters. The highest BCUT2D eigenvalue weighted by Crippen LogP contribution is 2.29. The summed E-state index contributed by atoms with van der Waals surface area (Å²) in [4.78, 5) is 12.7. The summed E-state index contributed by atoms with van der Waals surface area (Å²) in [5.74, 6) is 1.23. The summed E-state index contributed by atoms with van der Waals surface area (Å²) in [6.07, 6.45) is 6.63. The van der Waals surface area contributed by atoms with E-state index in [1.807, 2.05) is 18.7 Å². The molecule has 0 radical (unpaired) electrons. The zero-order valence-electron chi connectivity index (χ0n) is 16.3. The van der Waals surface area contributed by atoms with Gasteiger partial charge in [0.15, 0.2) is 0 Å². The molecule has 1 unspecified atom stereocenters. The molecule has 1 fully saturated rings. The number of ether oxygens (including phenoxy) is 1. The molecule has 27 heavy (non-hydrogen) atoms. The number of benzene rings is 1. The van der Waals surface area contributed by atoms with Crippen molar-refractivity contribution in [1.82, 2.24) is 5.32 Å². The number of hydrogen-bond donors (Lipinski definition) is 1. The van der Waals surface area contributed by atoms with Crippen LogP contribution < -0.4 is 14.4 Å². The van der Waals surface area contributed by atoms with Crippen LogP contribution in [0.5, 0.6) is 5.75 Å². The molecule has 152 valence electrons. The van der Waals surface area contributed by atoms with E-state index in [1.54, 1.807) is 31.4 Å². The standard InChI is InChI=1S/C19H30N2O4S2/c1-4-18(19(22)20-13-14-26-17-7-5-6-8-17)21(27(3,23)24)15-9-11-16(25-2)12-10-15/h9-12,17-18H,4-8,13-14H2,1-3H3,(H,20,22). The highest BCUT2D eigenvalue weighted by atomic mass is 32.2. The number of hydrogen-bond acceptors (Lipinski definition) is 5. The molecule has 0 spiro atoms. The van der Waals surface area contributed by atoms with Gasteiger partial charge in [0.1, 0.15) is 11.8 Å². The van der Waals surface area contributed by atoms with E-state index in [-0.39, 0.29) is 5.91 Å². The third-order valence-electron chi connectivity index (χ3n) is 4.71. The van der Waals surface area contributed by atoms with Gasteiger partial charge < -0.3 is 10.1 Å². The Morgan fingerprint density at radius 3 is 2.44 bits per heavy atom. The van der Waals surface area contributed by atoms with Gasteiger partial charge in [0.25, 0.3) is 0 Å². The minimum atomic E-state index is -3.61. The van der Waals surface area contributed by atoms with Crippen molar-refractivity contribution in [2.75, 3.05) is 30.0 Å². The first-order valence-corrected chi connectivity index (χ1v) is 12.3. The number of amides is 1. The fourth-order valence-corrected chi connectivity index (χ4v) is 5.79. The Hall–Kier alpha value is -1.41. The summed E-state index contributed by atoms with van der Waals surface area (Å²) in [5.41, 5.74) is 0.459. The van der Waals surface area contributed by atoms with Crippen LogP contribution in [-0.4, -0.2) is 51.3 Å². The lowest BCUT2D eigenvalue weighted by molar-refractivity contribution is -0.122. The molecule has 2 rings (SSSR count). The first-order valence-electron chi connectivity index (χ1n) is 9.39. The van der Waals surface area contributed by atoms with Gasteiger partial charge in [0, 0.05) is 17.5 Å². The Labute approximate surface area is 167 Å². The van der Waals surface area contributed by atoms with E-state index in [0.29, 0.717) is 29.7 Å². The molecular weight excluding hydrogens is 384 g/mol. The highest BCUT2D eigenvalue weighted by molar-refractivity contribution is 7.99. The number of carbonyl (C=O) groups excluding carboxylic acids is 1. The predicted molar refractivity (Wildman–Crippen MR) is 112 cm³/mol. The molecule has 1 amide bonds. The van der Waals surface area contributed by atoms with Gasteiger partial charge in [-0.3, -0.25) is 9.10 Å². The van der Waals surface area contributed by atoms with Crippen molar-refractivity contribution in [3.05, 3.63) is 24.3 Å². The number of thioether (sulfide) groups is 1. The average molecular weight is 415 g/mol. The molecule has 1 saturated carbocycles. The minimum Gasteiger partial charge on any atom is -0.497 e. The van der Waals surface area contributed by atoms with Gasteiger partial charge in [-0.1, -0.05) is 19.8 Å². The maximum absolute atomic E-state index is 12.7. The van der Waals surface area contributed by atoms with Crippen molar-refractivity contribution < 1.29 is 17.9 Å². The lowest BCUT2D eigenvalue weighted by Gasteiger charge is -2.30. The number of carbonyl (C=O) groups is 1. The number of nitrogens with one attached hydrogen (secondary N) is 1. The average Bonchev–Trinajstić information content (AvgIpc) is 3.15. The predicted octanol–water partition coefficient (Wildman–Crippen LogP) is 3.03. The van der Waals surface area contributed by atoms with E-state index >= 15 is 0 Å². The van der Waals surface area contributed by atoms with Crippen molar-refractivity contribution in [3.8, 4) is 5.75 Å². The minimum absolute atomic E-state index is 0.259. The molecule has 0 heterocycles. The van der Waals surface area contributed by atoms with Crippen molar-refractivity contribution in [3.63, 3.8) is 0 Å². The highest BCUT2D eigenvalue weighted by Gasteiger charge is 2.31. The molecule has 0 aliphatic heterocycles. The molecule has 1 aliphatic carbocycles. The summed E-state index contributed by atoms with van der Waals surface area (Å²) in [5, 5.41) is 3.62. The van der Waals surface area contributed by atoms with Crippen molar-refractivity contribution in [2.24, 2.45) is 0 Å².